The van der Waals surface area contributed by atoms with E-state index in [1.165, 1.54) is 13.8 Å². The highest BCUT2D eigenvalue weighted by Crippen LogP contribution is 2.39. The van der Waals surface area contributed by atoms with Crippen LogP contribution in [0.15, 0.2) is 23.3 Å². The zero-order chi connectivity index (χ0) is 14.3. The van der Waals surface area contributed by atoms with Crippen LogP contribution >= 0.6 is 0 Å². The Labute approximate surface area is 109 Å². The molecule has 0 aromatic rings. The molecule has 0 bridgehead atoms. The first kappa shape index (κ1) is 14.6. The maximum absolute atomic E-state index is 12.9. The molecule has 1 N–H and O–H groups in total. The molecule has 1 aliphatic carbocycles. The first-order valence-electron chi connectivity index (χ1n) is 6.13. The van der Waals surface area contributed by atoms with Crippen LogP contribution in [0.4, 0.5) is 13.2 Å². The third-order valence-electron chi connectivity index (χ3n) is 3.29. The van der Waals surface area contributed by atoms with Gasteiger partial charge >= 0.3 is 6.18 Å². The van der Waals surface area contributed by atoms with Crippen LogP contribution in [0.25, 0.3) is 0 Å². The highest BCUT2D eigenvalue weighted by molar-refractivity contribution is 5.36. The molecule has 2 rings (SSSR count). The van der Waals surface area contributed by atoms with Crippen molar-refractivity contribution in [3.63, 3.8) is 0 Å². The first-order valence-corrected chi connectivity index (χ1v) is 6.13. The van der Waals surface area contributed by atoms with E-state index >= 15 is 0 Å². The van der Waals surface area contributed by atoms with Gasteiger partial charge in [-0.15, -0.1) is 0 Å². The molecule has 1 heterocycles. The van der Waals surface area contributed by atoms with Crippen LogP contribution in [-0.4, -0.2) is 36.4 Å². The smallest absolute Gasteiger partial charge is 0.386 e. The fourth-order valence-electron chi connectivity index (χ4n) is 2.24. The lowest BCUT2D eigenvalue weighted by atomic mass is 9.82. The van der Waals surface area contributed by atoms with E-state index in [0.717, 1.165) is 12.2 Å². The summed E-state index contributed by atoms with van der Waals surface area (Å²) < 4.78 is 49.2. The molecule has 1 saturated heterocycles. The molecular weight excluding hydrogens is 261 g/mol. The zero-order valence-corrected chi connectivity index (χ0v) is 10.8. The van der Waals surface area contributed by atoms with E-state index in [-0.39, 0.29) is 0 Å². The molecule has 0 aromatic carbocycles. The molecule has 0 aromatic heterocycles. The Hall–Kier alpha value is -0.850. The summed E-state index contributed by atoms with van der Waals surface area (Å²) in [7, 11) is 0. The molecule has 1 unspecified atom stereocenters. The Kier molecular flexibility index (Phi) is 3.77. The number of rotatable bonds is 2. The van der Waals surface area contributed by atoms with Crippen molar-refractivity contribution in [1.29, 1.82) is 0 Å². The number of alkyl halides is 3. The van der Waals surface area contributed by atoms with Crippen molar-refractivity contribution in [2.24, 2.45) is 5.92 Å². The number of halogens is 3. The third kappa shape index (κ3) is 3.38. The highest BCUT2D eigenvalue weighted by atomic mass is 19.4. The van der Waals surface area contributed by atoms with Crippen LogP contribution in [0.2, 0.25) is 0 Å². The fourth-order valence-corrected chi connectivity index (χ4v) is 2.24. The van der Waals surface area contributed by atoms with Gasteiger partial charge in [-0.3, -0.25) is 0 Å². The normalized spacial score (nSPS) is 26.3. The maximum atomic E-state index is 12.9. The number of allylic oxidation sites excluding steroid dienone is 2. The van der Waals surface area contributed by atoms with Gasteiger partial charge in [-0.1, -0.05) is 6.08 Å². The summed E-state index contributed by atoms with van der Waals surface area (Å²) >= 11 is 0. The fraction of sp³-hybridized carbons (Fsp3) is 0.692. The molecule has 108 valence electrons. The Morgan fingerprint density at radius 1 is 1.21 bits per heavy atom. The number of hydrogen-bond donors (Lipinski definition) is 1. The molecule has 0 saturated carbocycles. The van der Waals surface area contributed by atoms with Gasteiger partial charge in [0.2, 0.25) is 0 Å². The van der Waals surface area contributed by atoms with Gasteiger partial charge in [0.15, 0.2) is 6.29 Å². The van der Waals surface area contributed by atoms with Gasteiger partial charge < -0.3 is 14.6 Å². The average Bonchev–Trinajstić information content (AvgIpc) is 2.79. The highest BCUT2D eigenvalue weighted by Gasteiger charge is 2.40. The molecule has 0 radical (unpaired) electrons. The zero-order valence-electron chi connectivity index (χ0n) is 10.8. The SMILES string of the molecule is CC(C)(O)C1=CC(C(F)(F)F)=CC(C2OCCO2)C1. The molecule has 1 aliphatic heterocycles. The summed E-state index contributed by atoms with van der Waals surface area (Å²) in [6, 6.07) is 0. The summed E-state index contributed by atoms with van der Waals surface area (Å²) in [6.07, 6.45) is -2.65. The lowest BCUT2D eigenvalue weighted by molar-refractivity contribution is -0.0942. The monoisotopic (exact) mass is 278 g/mol. The minimum Gasteiger partial charge on any atom is -0.386 e. The van der Waals surface area contributed by atoms with Crippen molar-refractivity contribution in [2.75, 3.05) is 13.2 Å². The van der Waals surface area contributed by atoms with Gasteiger partial charge in [0.25, 0.3) is 0 Å². The molecular formula is C13H17F3O3. The molecule has 3 nitrogen and oxygen atoms in total. The van der Waals surface area contributed by atoms with Gasteiger partial charge in [0.1, 0.15) is 0 Å². The Morgan fingerprint density at radius 3 is 2.26 bits per heavy atom. The van der Waals surface area contributed by atoms with Crippen LogP contribution in [0, 0.1) is 5.92 Å². The van der Waals surface area contributed by atoms with E-state index in [1.54, 1.807) is 0 Å². The summed E-state index contributed by atoms with van der Waals surface area (Å²) in [5.41, 5.74) is -1.70. The van der Waals surface area contributed by atoms with Gasteiger partial charge in [-0.05, 0) is 31.9 Å². The molecule has 0 amide bonds. The minimum absolute atomic E-state index is 0.299. The van der Waals surface area contributed by atoms with E-state index in [4.69, 9.17) is 9.47 Å². The largest absolute Gasteiger partial charge is 0.416 e. The van der Waals surface area contributed by atoms with Crippen molar-refractivity contribution in [3.05, 3.63) is 23.3 Å². The Morgan fingerprint density at radius 2 is 1.79 bits per heavy atom. The van der Waals surface area contributed by atoms with E-state index < -0.39 is 29.6 Å². The van der Waals surface area contributed by atoms with Crippen LogP contribution in [0.3, 0.4) is 0 Å². The van der Waals surface area contributed by atoms with Crippen LogP contribution in [-0.2, 0) is 9.47 Å². The second-order valence-electron chi connectivity index (χ2n) is 5.33. The Balaban J connectivity index is 2.29. The lowest BCUT2D eigenvalue weighted by Crippen LogP contribution is -2.31. The average molecular weight is 278 g/mol. The Bertz CT molecular complexity index is 398. The molecule has 2 aliphatic rings. The molecule has 1 atom stereocenters. The quantitative estimate of drug-likeness (QED) is 0.843. The van der Waals surface area contributed by atoms with Gasteiger partial charge in [-0.25, -0.2) is 0 Å². The van der Waals surface area contributed by atoms with Crippen LogP contribution < -0.4 is 0 Å². The molecule has 6 heteroatoms. The lowest BCUT2D eigenvalue weighted by Gasteiger charge is -2.31. The first-order chi connectivity index (χ1) is 8.68. The summed E-state index contributed by atoms with van der Waals surface area (Å²) in [5, 5.41) is 9.94. The van der Waals surface area contributed by atoms with Crippen molar-refractivity contribution >= 4 is 0 Å². The topological polar surface area (TPSA) is 38.7 Å². The predicted molar refractivity (Wildman–Crippen MR) is 62.3 cm³/mol. The van der Waals surface area contributed by atoms with E-state index in [1.807, 2.05) is 0 Å². The molecule has 1 fully saturated rings. The van der Waals surface area contributed by atoms with Gasteiger partial charge in [0, 0.05) is 5.92 Å². The molecule has 19 heavy (non-hydrogen) atoms. The van der Waals surface area contributed by atoms with Crippen molar-refractivity contribution in [1.82, 2.24) is 0 Å². The molecule has 0 spiro atoms. The van der Waals surface area contributed by atoms with E-state index in [0.29, 0.717) is 25.2 Å². The van der Waals surface area contributed by atoms with E-state index in [9.17, 15) is 18.3 Å². The van der Waals surface area contributed by atoms with Crippen molar-refractivity contribution < 1.29 is 27.8 Å². The van der Waals surface area contributed by atoms with E-state index in [2.05, 4.69) is 0 Å². The van der Waals surface area contributed by atoms with Gasteiger partial charge in [0.05, 0.1) is 24.4 Å². The van der Waals surface area contributed by atoms with Crippen molar-refractivity contribution in [3.8, 4) is 0 Å². The summed E-state index contributed by atoms with van der Waals surface area (Å²) in [5.74, 6) is -0.523. The standard InChI is InChI=1S/C13H17F3O3/c1-12(2,17)9-5-8(11-18-3-4-19-11)6-10(7-9)13(14,15)16/h6-8,11,17H,3-5H2,1-2H3. The van der Waals surface area contributed by atoms with Crippen LogP contribution in [0.1, 0.15) is 20.3 Å². The van der Waals surface area contributed by atoms with Crippen LogP contribution in [0.5, 0.6) is 0 Å². The summed E-state index contributed by atoms with van der Waals surface area (Å²) in [4.78, 5) is 0. The maximum Gasteiger partial charge on any atom is 0.416 e. The number of aliphatic hydroxyl groups is 1. The van der Waals surface area contributed by atoms with Gasteiger partial charge in [-0.2, -0.15) is 13.2 Å². The second-order valence-corrected chi connectivity index (χ2v) is 5.33. The third-order valence-corrected chi connectivity index (χ3v) is 3.29. The predicted octanol–water partition coefficient (Wildman–Crippen LogP) is 2.57. The number of ether oxygens (including phenoxy) is 2. The number of hydrogen-bond acceptors (Lipinski definition) is 3. The summed E-state index contributed by atoms with van der Waals surface area (Å²) in [6.45, 7) is 3.73. The minimum atomic E-state index is -4.44. The second kappa shape index (κ2) is 4.92. The van der Waals surface area contributed by atoms with Crippen molar-refractivity contribution in [2.45, 2.75) is 38.3 Å².